The zero-order valence-corrected chi connectivity index (χ0v) is 11.4. The smallest absolute Gasteiger partial charge is 0.293 e. The predicted octanol–water partition coefficient (Wildman–Crippen LogP) is 2.55. The van der Waals surface area contributed by atoms with Crippen LogP contribution < -0.4 is 10.6 Å². The first-order chi connectivity index (χ1) is 8.99. The van der Waals surface area contributed by atoms with E-state index in [9.17, 15) is 14.9 Å². The molecule has 1 aromatic carbocycles. The summed E-state index contributed by atoms with van der Waals surface area (Å²) in [7, 11) is 0. The molecule has 0 saturated carbocycles. The van der Waals surface area contributed by atoms with Crippen LogP contribution in [0.3, 0.4) is 0 Å². The molecule has 0 radical (unpaired) electrons. The Morgan fingerprint density at radius 2 is 2.11 bits per heavy atom. The first-order valence-corrected chi connectivity index (χ1v) is 6.32. The van der Waals surface area contributed by atoms with Gasteiger partial charge in [-0.2, -0.15) is 0 Å². The summed E-state index contributed by atoms with van der Waals surface area (Å²) in [6.45, 7) is 6.29. The summed E-state index contributed by atoms with van der Waals surface area (Å²) in [5.74, 6) is -0.291. The molecule has 1 rings (SSSR count). The van der Waals surface area contributed by atoms with E-state index in [0.29, 0.717) is 17.8 Å². The molecule has 2 N–H and O–H groups in total. The fraction of sp³-hybridized carbons (Fsp3) is 0.462. The number of rotatable bonds is 6. The fourth-order valence-electron chi connectivity index (χ4n) is 1.57. The highest BCUT2D eigenvalue weighted by atomic mass is 16.6. The predicted molar refractivity (Wildman–Crippen MR) is 74.5 cm³/mol. The van der Waals surface area contributed by atoms with E-state index in [4.69, 9.17) is 0 Å². The number of carbonyl (C=O) groups excluding carboxylic acids is 1. The van der Waals surface area contributed by atoms with Crippen molar-refractivity contribution in [3.05, 3.63) is 33.9 Å². The maximum absolute atomic E-state index is 11.9. The van der Waals surface area contributed by atoms with Crippen LogP contribution in [0.15, 0.2) is 18.2 Å². The van der Waals surface area contributed by atoms with Gasteiger partial charge in [-0.1, -0.05) is 6.92 Å². The first kappa shape index (κ1) is 14.9. The Morgan fingerprint density at radius 1 is 1.42 bits per heavy atom. The van der Waals surface area contributed by atoms with Crippen molar-refractivity contribution in [2.45, 2.75) is 33.2 Å². The van der Waals surface area contributed by atoms with Gasteiger partial charge in [-0.05, 0) is 32.4 Å². The molecule has 104 valence electrons. The largest absolute Gasteiger partial charge is 0.380 e. The SMILES string of the molecule is CCNc1ccc(C(=O)NC(C)CC)cc1[N+](=O)[O-]. The third-order valence-corrected chi connectivity index (χ3v) is 2.81. The molecular weight excluding hydrogens is 246 g/mol. The zero-order valence-electron chi connectivity index (χ0n) is 11.4. The van der Waals surface area contributed by atoms with Gasteiger partial charge in [0, 0.05) is 24.2 Å². The van der Waals surface area contributed by atoms with Gasteiger partial charge in [0.15, 0.2) is 0 Å². The molecule has 6 nitrogen and oxygen atoms in total. The third-order valence-electron chi connectivity index (χ3n) is 2.81. The lowest BCUT2D eigenvalue weighted by molar-refractivity contribution is -0.384. The van der Waals surface area contributed by atoms with Crippen molar-refractivity contribution in [3.8, 4) is 0 Å². The van der Waals surface area contributed by atoms with E-state index in [1.165, 1.54) is 6.07 Å². The van der Waals surface area contributed by atoms with Crippen molar-refractivity contribution >= 4 is 17.3 Å². The van der Waals surface area contributed by atoms with Crippen LogP contribution in [0.5, 0.6) is 0 Å². The molecule has 0 aromatic heterocycles. The van der Waals surface area contributed by atoms with E-state index >= 15 is 0 Å². The Balaban J connectivity index is 3.01. The quantitative estimate of drug-likeness (QED) is 0.611. The van der Waals surface area contributed by atoms with Gasteiger partial charge in [-0.3, -0.25) is 14.9 Å². The lowest BCUT2D eigenvalue weighted by Gasteiger charge is -2.12. The second-order valence-electron chi connectivity index (χ2n) is 4.30. The van der Waals surface area contributed by atoms with Gasteiger partial charge in [-0.25, -0.2) is 0 Å². The summed E-state index contributed by atoms with van der Waals surface area (Å²) in [6, 6.07) is 4.49. The number of carbonyl (C=O) groups is 1. The standard InChI is InChI=1S/C13H19N3O3/c1-4-9(3)15-13(17)10-6-7-11(14-5-2)12(8-10)16(18)19/h6-9,14H,4-5H2,1-3H3,(H,15,17). The molecule has 0 heterocycles. The summed E-state index contributed by atoms with van der Waals surface area (Å²) in [5, 5.41) is 16.7. The highest BCUT2D eigenvalue weighted by Crippen LogP contribution is 2.25. The molecular formula is C13H19N3O3. The van der Waals surface area contributed by atoms with Gasteiger partial charge >= 0.3 is 0 Å². The van der Waals surface area contributed by atoms with Crippen molar-refractivity contribution in [2.75, 3.05) is 11.9 Å². The summed E-state index contributed by atoms with van der Waals surface area (Å²) in [4.78, 5) is 22.4. The number of nitro benzene ring substituents is 1. The molecule has 0 bridgehead atoms. The lowest BCUT2D eigenvalue weighted by atomic mass is 10.1. The number of nitrogens with one attached hydrogen (secondary N) is 2. The van der Waals surface area contributed by atoms with Crippen LogP contribution in [0.2, 0.25) is 0 Å². The van der Waals surface area contributed by atoms with E-state index in [1.54, 1.807) is 12.1 Å². The number of benzene rings is 1. The Labute approximate surface area is 112 Å². The van der Waals surface area contributed by atoms with Crippen LogP contribution in [0, 0.1) is 10.1 Å². The summed E-state index contributed by atoms with van der Waals surface area (Å²) < 4.78 is 0. The number of hydrogen-bond acceptors (Lipinski definition) is 4. The molecule has 0 saturated heterocycles. The molecule has 19 heavy (non-hydrogen) atoms. The normalized spacial score (nSPS) is 11.7. The Bertz CT molecular complexity index is 474. The summed E-state index contributed by atoms with van der Waals surface area (Å²) >= 11 is 0. The average molecular weight is 265 g/mol. The summed E-state index contributed by atoms with van der Waals surface area (Å²) in [5.41, 5.74) is 0.639. The number of nitrogens with zero attached hydrogens (tertiary/aromatic N) is 1. The lowest BCUT2D eigenvalue weighted by Crippen LogP contribution is -2.31. The molecule has 6 heteroatoms. The highest BCUT2D eigenvalue weighted by molar-refractivity contribution is 5.95. The van der Waals surface area contributed by atoms with Crippen molar-refractivity contribution < 1.29 is 9.72 Å². The Kier molecular flexibility index (Phi) is 5.29. The molecule has 1 aromatic rings. The monoisotopic (exact) mass is 265 g/mol. The van der Waals surface area contributed by atoms with Crippen LogP contribution in [-0.4, -0.2) is 23.4 Å². The molecule has 0 fully saturated rings. The van der Waals surface area contributed by atoms with Crippen molar-refractivity contribution in [1.29, 1.82) is 0 Å². The first-order valence-electron chi connectivity index (χ1n) is 6.32. The van der Waals surface area contributed by atoms with Gasteiger partial charge in [0.2, 0.25) is 0 Å². The molecule has 1 amide bonds. The van der Waals surface area contributed by atoms with Crippen molar-refractivity contribution in [2.24, 2.45) is 0 Å². The maximum atomic E-state index is 11.9. The van der Waals surface area contributed by atoms with E-state index in [0.717, 1.165) is 6.42 Å². The van der Waals surface area contributed by atoms with Gasteiger partial charge in [-0.15, -0.1) is 0 Å². The number of nitro groups is 1. The second kappa shape index (κ2) is 6.72. The minimum Gasteiger partial charge on any atom is -0.380 e. The average Bonchev–Trinajstić information content (AvgIpc) is 2.38. The minimum atomic E-state index is -0.488. The van der Waals surface area contributed by atoms with Crippen LogP contribution >= 0.6 is 0 Å². The molecule has 0 aliphatic carbocycles. The second-order valence-corrected chi connectivity index (χ2v) is 4.30. The van der Waals surface area contributed by atoms with E-state index in [2.05, 4.69) is 10.6 Å². The number of anilines is 1. The topological polar surface area (TPSA) is 84.3 Å². The van der Waals surface area contributed by atoms with E-state index < -0.39 is 4.92 Å². The van der Waals surface area contributed by atoms with Gasteiger partial charge < -0.3 is 10.6 Å². The molecule has 1 atom stereocenters. The van der Waals surface area contributed by atoms with E-state index in [-0.39, 0.29) is 17.6 Å². The third kappa shape index (κ3) is 3.94. The Morgan fingerprint density at radius 3 is 2.63 bits per heavy atom. The van der Waals surface area contributed by atoms with Gasteiger partial charge in [0.25, 0.3) is 11.6 Å². The number of amides is 1. The Hall–Kier alpha value is -2.11. The molecule has 0 aliphatic heterocycles. The molecule has 1 unspecified atom stereocenters. The zero-order chi connectivity index (χ0) is 14.4. The number of hydrogen-bond donors (Lipinski definition) is 2. The molecule has 0 spiro atoms. The fourth-order valence-corrected chi connectivity index (χ4v) is 1.57. The van der Waals surface area contributed by atoms with Gasteiger partial charge in [0.1, 0.15) is 5.69 Å². The van der Waals surface area contributed by atoms with Crippen LogP contribution in [0.4, 0.5) is 11.4 Å². The maximum Gasteiger partial charge on any atom is 0.293 e. The van der Waals surface area contributed by atoms with E-state index in [1.807, 2.05) is 20.8 Å². The molecule has 0 aliphatic rings. The van der Waals surface area contributed by atoms with Gasteiger partial charge in [0.05, 0.1) is 4.92 Å². The van der Waals surface area contributed by atoms with Crippen LogP contribution in [-0.2, 0) is 0 Å². The van der Waals surface area contributed by atoms with Crippen molar-refractivity contribution in [1.82, 2.24) is 5.32 Å². The van der Waals surface area contributed by atoms with Crippen molar-refractivity contribution in [3.63, 3.8) is 0 Å². The highest BCUT2D eigenvalue weighted by Gasteiger charge is 2.17. The van der Waals surface area contributed by atoms with Crippen LogP contribution in [0.25, 0.3) is 0 Å². The summed E-state index contributed by atoms with van der Waals surface area (Å²) in [6.07, 6.45) is 0.809. The van der Waals surface area contributed by atoms with Crippen LogP contribution in [0.1, 0.15) is 37.6 Å². The minimum absolute atomic E-state index is 0.0417.